The lowest BCUT2D eigenvalue weighted by atomic mass is 9.69. The Morgan fingerprint density at radius 3 is 2.12 bits per heavy atom. The molecule has 3 rings (SSSR count). The predicted molar refractivity (Wildman–Crippen MR) is 104 cm³/mol. The van der Waals surface area contributed by atoms with E-state index in [1.165, 1.54) is 44.1 Å². The van der Waals surface area contributed by atoms with Crippen molar-refractivity contribution in [1.82, 2.24) is 0 Å². The molecule has 0 bridgehead atoms. The first-order valence-electron chi connectivity index (χ1n) is 10.1. The highest BCUT2D eigenvalue weighted by Crippen LogP contribution is 2.43. The van der Waals surface area contributed by atoms with Crippen molar-refractivity contribution in [1.29, 1.82) is 0 Å². The van der Waals surface area contributed by atoms with Crippen LogP contribution in [0.2, 0.25) is 0 Å². The first-order valence-corrected chi connectivity index (χ1v) is 10.1. The summed E-state index contributed by atoms with van der Waals surface area (Å²) in [5.74, 6) is 3.19. The summed E-state index contributed by atoms with van der Waals surface area (Å²) in [6.07, 6.45) is 11.8. The van der Waals surface area contributed by atoms with Crippen LogP contribution >= 0.6 is 0 Å². The van der Waals surface area contributed by atoms with E-state index in [-0.39, 0.29) is 12.1 Å². The van der Waals surface area contributed by atoms with E-state index >= 15 is 0 Å². The van der Waals surface area contributed by atoms with Crippen LogP contribution in [0.1, 0.15) is 69.3 Å². The normalized spacial score (nSPS) is 29.0. The molecule has 2 aliphatic carbocycles. The second kappa shape index (κ2) is 9.25. The van der Waals surface area contributed by atoms with Gasteiger partial charge in [0, 0.05) is 0 Å². The minimum absolute atomic E-state index is 0.122. The van der Waals surface area contributed by atoms with E-state index in [1.807, 2.05) is 0 Å². The van der Waals surface area contributed by atoms with E-state index in [2.05, 4.69) is 30.8 Å². The van der Waals surface area contributed by atoms with Gasteiger partial charge in [-0.2, -0.15) is 0 Å². The summed E-state index contributed by atoms with van der Waals surface area (Å²) in [6.45, 7) is 3.60. The number of hydrogen-bond donors (Lipinski definition) is 0. The van der Waals surface area contributed by atoms with E-state index in [0.717, 1.165) is 30.4 Å². The van der Waals surface area contributed by atoms with Gasteiger partial charge in [-0.1, -0.05) is 18.2 Å². The predicted octanol–water partition coefficient (Wildman–Crippen LogP) is 5.65. The van der Waals surface area contributed by atoms with Gasteiger partial charge in [-0.25, -0.2) is 0 Å². The standard InChI is InChI=1S/C23H32O3/c1-3-4-23(24)26-22-15-11-20(12-16-22)18-7-5-17(6-8-18)19-9-13-21(25-2)14-10-19/h3,9-10,13-14,17-18,20,22H,1,4-8,11-12,15-16H2,2H3/t17-,18-,20?,22?. The van der Waals surface area contributed by atoms with Gasteiger partial charge in [-0.15, -0.1) is 6.58 Å². The van der Waals surface area contributed by atoms with Crippen LogP contribution in [0.3, 0.4) is 0 Å². The van der Waals surface area contributed by atoms with Gasteiger partial charge in [0.05, 0.1) is 13.5 Å². The largest absolute Gasteiger partial charge is 0.497 e. The van der Waals surface area contributed by atoms with Crippen LogP contribution in [-0.4, -0.2) is 19.2 Å². The number of carbonyl (C=O) groups excluding carboxylic acids is 1. The zero-order valence-corrected chi connectivity index (χ0v) is 16.0. The van der Waals surface area contributed by atoms with Crippen LogP contribution in [0.4, 0.5) is 0 Å². The van der Waals surface area contributed by atoms with Gasteiger partial charge in [-0.05, 0) is 86.8 Å². The fraction of sp³-hybridized carbons (Fsp3) is 0.609. The summed E-state index contributed by atoms with van der Waals surface area (Å²) >= 11 is 0. The van der Waals surface area contributed by atoms with Crippen LogP contribution in [0.15, 0.2) is 36.9 Å². The summed E-state index contributed by atoms with van der Waals surface area (Å²) in [6, 6.07) is 8.62. The number of methoxy groups -OCH3 is 1. The Balaban J connectivity index is 1.42. The molecule has 0 heterocycles. The second-order valence-corrected chi connectivity index (χ2v) is 7.90. The van der Waals surface area contributed by atoms with Crippen molar-refractivity contribution in [2.75, 3.05) is 7.11 Å². The minimum Gasteiger partial charge on any atom is -0.497 e. The van der Waals surface area contributed by atoms with Gasteiger partial charge in [0.2, 0.25) is 0 Å². The third-order valence-corrected chi connectivity index (χ3v) is 6.35. The van der Waals surface area contributed by atoms with Gasteiger partial charge in [0.25, 0.3) is 0 Å². The van der Waals surface area contributed by atoms with E-state index in [1.54, 1.807) is 13.2 Å². The van der Waals surface area contributed by atoms with Crippen molar-refractivity contribution in [3.8, 4) is 5.75 Å². The Hall–Kier alpha value is -1.77. The molecule has 3 nitrogen and oxygen atoms in total. The van der Waals surface area contributed by atoms with Crippen LogP contribution in [0, 0.1) is 11.8 Å². The molecule has 2 saturated carbocycles. The lowest BCUT2D eigenvalue weighted by Gasteiger charge is -2.37. The molecule has 0 radical (unpaired) electrons. The highest BCUT2D eigenvalue weighted by atomic mass is 16.5. The first kappa shape index (κ1) is 19.0. The first-order chi connectivity index (χ1) is 12.7. The fourth-order valence-corrected chi connectivity index (χ4v) is 4.83. The maximum absolute atomic E-state index is 11.6. The molecule has 0 amide bonds. The Bertz CT molecular complexity index is 576. The smallest absolute Gasteiger partial charge is 0.309 e. The highest BCUT2D eigenvalue weighted by Gasteiger charge is 2.32. The van der Waals surface area contributed by atoms with E-state index in [0.29, 0.717) is 12.3 Å². The Morgan fingerprint density at radius 1 is 1.00 bits per heavy atom. The van der Waals surface area contributed by atoms with Crippen molar-refractivity contribution in [2.24, 2.45) is 11.8 Å². The van der Waals surface area contributed by atoms with Crippen molar-refractivity contribution in [2.45, 2.75) is 69.8 Å². The van der Waals surface area contributed by atoms with E-state index in [9.17, 15) is 4.79 Å². The quantitative estimate of drug-likeness (QED) is 0.488. The monoisotopic (exact) mass is 356 g/mol. The zero-order valence-electron chi connectivity index (χ0n) is 16.0. The van der Waals surface area contributed by atoms with Crippen molar-refractivity contribution >= 4 is 5.97 Å². The molecule has 2 fully saturated rings. The Labute approximate surface area is 157 Å². The fourth-order valence-electron chi connectivity index (χ4n) is 4.83. The molecule has 0 aromatic heterocycles. The molecule has 26 heavy (non-hydrogen) atoms. The molecule has 1 aromatic carbocycles. The molecule has 0 unspecified atom stereocenters. The van der Waals surface area contributed by atoms with Crippen LogP contribution in [0.25, 0.3) is 0 Å². The maximum Gasteiger partial charge on any atom is 0.309 e. The number of benzene rings is 1. The van der Waals surface area contributed by atoms with Gasteiger partial charge < -0.3 is 9.47 Å². The lowest BCUT2D eigenvalue weighted by Crippen LogP contribution is -2.29. The summed E-state index contributed by atoms with van der Waals surface area (Å²) in [5, 5.41) is 0. The second-order valence-electron chi connectivity index (χ2n) is 7.90. The molecule has 3 heteroatoms. The molecule has 0 saturated heterocycles. The highest BCUT2D eigenvalue weighted by molar-refractivity contribution is 5.71. The zero-order chi connectivity index (χ0) is 18.4. The molecule has 1 aromatic rings. The summed E-state index contributed by atoms with van der Waals surface area (Å²) in [7, 11) is 1.72. The molecule has 2 aliphatic rings. The molecule has 0 atom stereocenters. The summed E-state index contributed by atoms with van der Waals surface area (Å²) < 4.78 is 10.8. The van der Waals surface area contributed by atoms with Crippen LogP contribution in [0.5, 0.6) is 5.75 Å². The Morgan fingerprint density at radius 2 is 1.58 bits per heavy atom. The lowest BCUT2D eigenvalue weighted by molar-refractivity contribution is -0.150. The SMILES string of the molecule is C=CCC(=O)OC1CCC([C@H]2CC[C@H](c3ccc(OC)cc3)CC2)CC1. The van der Waals surface area contributed by atoms with Crippen molar-refractivity contribution in [3.63, 3.8) is 0 Å². The van der Waals surface area contributed by atoms with Gasteiger partial charge in [0.1, 0.15) is 11.9 Å². The van der Waals surface area contributed by atoms with Gasteiger partial charge >= 0.3 is 5.97 Å². The number of carbonyl (C=O) groups is 1. The number of hydrogen-bond acceptors (Lipinski definition) is 3. The number of esters is 1. The third-order valence-electron chi connectivity index (χ3n) is 6.35. The molecule has 0 spiro atoms. The summed E-state index contributed by atoms with van der Waals surface area (Å²) in [4.78, 5) is 11.6. The summed E-state index contributed by atoms with van der Waals surface area (Å²) in [5.41, 5.74) is 1.46. The molecule has 0 N–H and O–H groups in total. The van der Waals surface area contributed by atoms with E-state index in [4.69, 9.17) is 9.47 Å². The number of ether oxygens (including phenoxy) is 2. The molecular formula is C23H32O3. The van der Waals surface area contributed by atoms with Crippen LogP contribution in [-0.2, 0) is 9.53 Å². The minimum atomic E-state index is -0.122. The third kappa shape index (κ3) is 4.90. The molecule has 142 valence electrons. The average Bonchev–Trinajstić information content (AvgIpc) is 2.69. The van der Waals surface area contributed by atoms with Crippen molar-refractivity contribution in [3.05, 3.63) is 42.5 Å². The molecule has 0 aliphatic heterocycles. The van der Waals surface area contributed by atoms with Gasteiger partial charge in [-0.3, -0.25) is 4.79 Å². The maximum atomic E-state index is 11.6. The van der Waals surface area contributed by atoms with Crippen molar-refractivity contribution < 1.29 is 14.3 Å². The van der Waals surface area contributed by atoms with Crippen LogP contribution < -0.4 is 4.74 Å². The number of rotatable bonds is 6. The molecular weight excluding hydrogens is 324 g/mol. The van der Waals surface area contributed by atoms with Gasteiger partial charge in [0.15, 0.2) is 0 Å². The Kier molecular flexibility index (Phi) is 6.76. The topological polar surface area (TPSA) is 35.5 Å². The average molecular weight is 357 g/mol. The van der Waals surface area contributed by atoms with E-state index < -0.39 is 0 Å².